The van der Waals surface area contributed by atoms with E-state index in [1.165, 1.54) is 0 Å². The minimum absolute atomic E-state index is 0.0770. The zero-order valence-electron chi connectivity index (χ0n) is 25.6. The molecule has 2 amide bonds. The van der Waals surface area contributed by atoms with Crippen LogP contribution < -0.4 is 5.32 Å². The standard InChI is InChI=1S/C32H44ClN5O3/c1-21(31(2,3)4)36(8)19-22-11-16-27-26(18-22)34-29(35-28(39)23-12-14-24(33)15-13-23)38(27)20-25-10-9-17-37(25)30(40)41-32(5,6)7/h11-16,18,21,25H,9-10,17,19-20H2,1-8H3,(H,34,35,39)/t21-,25?/m0/s1. The molecule has 1 fully saturated rings. The quantitative estimate of drug-likeness (QED) is 0.319. The van der Waals surface area contributed by atoms with Crippen LogP contribution >= 0.6 is 11.6 Å². The van der Waals surface area contributed by atoms with Gasteiger partial charge in [-0.2, -0.15) is 0 Å². The molecule has 9 heteroatoms. The van der Waals surface area contributed by atoms with Gasteiger partial charge in [0, 0.05) is 36.3 Å². The van der Waals surface area contributed by atoms with Crippen molar-refractivity contribution in [3.63, 3.8) is 0 Å². The van der Waals surface area contributed by atoms with Gasteiger partial charge in [-0.15, -0.1) is 0 Å². The molecule has 0 spiro atoms. The summed E-state index contributed by atoms with van der Waals surface area (Å²) in [6.07, 6.45) is 1.43. The highest BCUT2D eigenvalue weighted by atomic mass is 35.5. The zero-order chi connectivity index (χ0) is 30.1. The largest absolute Gasteiger partial charge is 0.444 e. The average Bonchev–Trinajstić information content (AvgIpc) is 3.47. The van der Waals surface area contributed by atoms with Gasteiger partial charge in [0.2, 0.25) is 5.95 Å². The van der Waals surface area contributed by atoms with E-state index in [1.54, 1.807) is 29.2 Å². The van der Waals surface area contributed by atoms with Gasteiger partial charge in [-0.05, 0) is 95.0 Å². The number of imidazole rings is 1. The van der Waals surface area contributed by atoms with Crippen molar-refractivity contribution in [2.45, 2.75) is 92.1 Å². The third-order valence-corrected chi connectivity index (χ3v) is 8.14. The predicted octanol–water partition coefficient (Wildman–Crippen LogP) is 7.21. The molecule has 1 saturated heterocycles. The lowest BCUT2D eigenvalue weighted by Crippen LogP contribution is -2.41. The number of anilines is 1. The van der Waals surface area contributed by atoms with Gasteiger partial charge in [0.05, 0.1) is 17.1 Å². The van der Waals surface area contributed by atoms with Gasteiger partial charge in [0.1, 0.15) is 5.60 Å². The molecule has 0 aliphatic carbocycles. The van der Waals surface area contributed by atoms with Gasteiger partial charge >= 0.3 is 6.09 Å². The number of nitrogens with one attached hydrogen (secondary N) is 1. The summed E-state index contributed by atoms with van der Waals surface area (Å²) in [5.41, 5.74) is 2.92. The molecular formula is C32H44ClN5O3. The van der Waals surface area contributed by atoms with Crippen molar-refractivity contribution in [2.75, 3.05) is 18.9 Å². The van der Waals surface area contributed by atoms with Gasteiger partial charge in [-0.3, -0.25) is 15.0 Å². The summed E-state index contributed by atoms with van der Waals surface area (Å²) in [5.74, 6) is 0.178. The van der Waals surface area contributed by atoms with Crippen LogP contribution in [0.25, 0.3) is 11.0 Å². The Kier molecular flexibility index (Phi) is 9.04. The van der Waals surface area contributed by atoms with Crippen molar-refractivity contribution < 1.29 is 14.3 Å². The van der Waals surface area contributed by atoms with E-state index >= 15 is 0 Å². The van der Waals surface area contributed by atoms with Crippen molar-refractivity contribution in [1.29, 1.82) is 0 Å². The van der Waals surface area contributed by atoms with Crippen LogP contribution in [0.5, 0.6) is 0 Å². The van der Waals surface area contributed by atoms with Crippen molar-refractivity contribution in [3.8, 4) is 0 Å². The number of rotatable bonds is 7. The number of ether oxygens (including phenoxy) is 1. The average molecular weight is 582 g/mol. The third kappa shape index (κ3) is 7.60. The highest BCUT2D eigenvalue weighted by Crippen LogP contribution is 2.29. The molecule has 1 unspecified atom stereocenters. The maximum Gasteiger partial charge on any atom is 0.410 e. The van der Waals surface area contributed by atoms with Crippen LogP contribution in [0.2, 0.25) is 5.02 Å². The molecule has 222 valence electrons. The van der Waals surface area contributed by atoms with Crippen LogP contribution in [0.15, 0.2) is 42.5 Å². The molecule has 4 rings (SSSR count). The molecule has 1 aliphatic rings. The summed E-state index contributed by atoms with van der Waals surface area (Å²) < 4.78 is 7.71. The first-order valence-corrected chi connectivity index (χ1v) is 14.8. The van der Waals surface area contributed by atoms with Crippen molar-refractivity contribution >= 4 is 40.6 Å². The van der Waals surface area contributed by atoms with Crippen LogP contribution in [-0.4, -0.2) is 62.6 Å². The molecule has 3 aromatic rings. The van der Waals surface area contributed by atoms with Crippen LogP contribution in [0, 0.1) is 5.41 Å². The van der Waals surface area contributed by atoms with Gasteiger partial charge in [0.25, 0.3) is 5.91 Å². The minimum Gasteiger partial charge on any atom is -0.444 e. The lowest BCUT2D eigenvalue weighted by atomic mass is 9.87. The molecule has 2 aromatic carbocycles. The summed E-state index contributed by atoms with van der Waals surface area (Å²) >= 11 is 6.03. The van der Waals surface area contributed by atoms with E-state index in [9.17, 15) is 9.59 Å². The molecule has 41 heavy (non-hydrogen) atoms. The van der Waals surface area contributed by atoms with Crippen molar-refractivity contribution in [2.24, 2.45) is 5.41 Å². The Labute approximate surface area is 249 Å². The molecule has 2 heterocycles. The van der Waals surface area contributed by atoms with E-state index in [-0.39, 0.29) is 23.5 Å². The summed E-state index contributed by atoms with van der Waals surface area (Å²) in [6.45, 7) is 16.5. The van der Waals surface area contributed by atoms with E-state index < -0.39 is 5.60 Å². The second-order valence-electron chi connectivity index (χ2n) is 13.3. The molecule has 0 bridgehead atoms. The lowest BCUT2D eigenvalue weighted by Gasteiger charge is -2.35. The Morgan fingerprint density at radius 1 is 1.12 bits per heavy atom. The highest BCUT2D eigenvalue weighted by Gasteiger charge is 2.33. The van der Waals surface area contributed by atoms with Gasteiger partial charge in [0.15, 0.2) is 0 Å². The SMILES string of the molecule is C[C@H](N(C)Cc1ccc2c(c1)nc(NC(=O)c1ccc(Cl)cc1)n2CC1CCCN1C(=O)OC(C)(C)C)C(C)(C)C. The molecule has 0 saturated carbocycles. The predicted molar refractivity (Wildman–Crippen MR) is 165 cm³/mol. The van der Waals surface area contributed by atoms with E-state index in [0.717, 1.165) is 36.0 Å². The van der Waals surface area contributed by atoms with Crippen molar-refractivity contribution in [1.82, 2.24) is 19.4 Å². The first-order chi connectivity index (χ1) is 19.1. The van der Waals surface area contributed by atoms with Crippen LogP contribution in [-0.2, 0) is 17.8 Å². The topological polar surface area (TPSA) is 79.7 Å². The number of likely N-dealkylation sites (tertiary alicyclic amines) is 1. The first kappa shape index (κ1) is 30.8. The van der Waals surface area contributed by atoms with E-state index in [1.807, 2.05) is 25.3 Å². The van der Waals surface area contributed by atoms with Crippen LogP contribution in [0.4, 0.5) is 10.7 Å². The molecule has 1 aromatic heterocycles. The molecule has 2 atom stereocenters. The second-order valence-corrected chi connectivity index (χ2v) is 13.7. The second kappa shape index (κ2) is 12.0. The number of fused-ring (bicyclic) bond motifs is 1. The summed E-state index contributed by atoms with van der Waals surface area (Å²) in [4.78, 5) is 35.2. The molecule has 1 aliphatic heterocycles. The third-order valence-electron chi connectivity index (χ3n) is 7.89. The maximum absolute atomic E-state index is 13.2. The first-order valence-electron chi connectivity index (χ1n) is 14.4. The maximum atomic E-state index is 13.2. The number of hydrogen-bond donors (Lipinski definition) is 1. The number of hydrogen-bond acceptors (Lipinski definition) is 5. The Morgan fingerprint density at radius 3 is 2.44 bits per heavy atom. The summed E-state index contributed by atoms with van der Waals surface area (Å²) in [7, 11) is 2.14. The zero-order valence-corrected chi connectivity index (χ0v) is 26.4. The monoisotopic (exact) mass is 581 g/mol. The number of benzene rings is 2. The molecule has 0 radical (unpaired) electrons. The van der Waals surface area contributed by atoms with E-state index in [0.29, 0.717) is 35.7 Å². The fourth-order valence-electron chi connectivity index (χ4n) is 5.21. The molecule has 8 nitrogen and oxygen atoms in total. The fraction of sp³-hybridized carbons (Fsp3) is 0.531. The van der Waals surface area contributed by atoms with Gasteiger partial charge in [-0.25, -0.2) is 9.78 Å². The van der Waals surface area contributed by atoms with Crippen LogP contribution in [0.1, 0.15) is 77.2 Å². The Morgan fingerprint density at radius 2 is 1.80 bits per heavy atom. The molecular weight excluding hydrogens is 538 g/mol. The van der Waals surface area contributed by atoms with Gasteiger partial charge < -0.3 is 14.2 Å². The van der Waals surface area contributed by atoms with Crippen LogP contribution in [0.3, 0.4) is 0 Å². The number of aromatic nitrogens is 2. The molecule has 1 N–H and O–H groups in total. The smallest absolute Gasteiger partial charge is 0.410 e. The Balaban J connectivity index is 1.66. The normalized spacial score (nSPS) is 16.8. The Bertz CT molecular complexity index is 1390. The minimum atomic E-state index is -0.572. The number of amides is 2. The number of nitrogens with zero attached hydrogens (tertiary/aromatic N) is 4. The summed E-state index contributed by atoms with van der Waals surface area (Å²) in [5, 5.41) is 3.58. The Hall–Kier alpha value is -3.10. The van der Waals surface area contributed by atoms with Crippen molar-refractivity contribution in [3.05, 3.63) is 58.6 Å². The number of carbonyl (C=O) groups is 2. The lowest BCUT2D eigenvalue weighted by molar-refractivity contribution is 0.0215. The fourth-order valence-corrected chi connectivity index (χ4v) is 5.34. The van der Waals surface area contributed by atoms with E-state index in [4.69, 9.17) is 21.3 Å². The number of carbonyl (C=O) groups excluding carboxylic acids is 2. The summed E-state index contributed by atoms with van der Waals surface area (Å²) in [6, 6.07) is 13.4. The van der Waals surface area contributed by atoms with E-state index in [2.05, 4.69) is 63.2 Å². The highest BCUT2D eigenvalue weighted by molar-refractivity contribution is 6.30. The van der Waals surface area contributed by atoms with Gasteiger partial charge in [-0.1, -0.05) is 38.4 Å². The number of halogens is 1.